The monoisotopic (exact) mass is 384 g/mol. The van der Waals surface area contributed by atoms with Crippen molar-refractivity contribution in [2.45, 2.75) is 31.2 Å². The summed E-state index contributed by atoms with van der Waals surface area (Å²) in [7, 11) is 0. The number of rotatable bonds is 6. The van der Waals surface area contributed by atoms with E-state index in [4.69, 9.17) is 9.47 Å². The van der Waals surface area contributed by atoms with E-state index >= 15 is 0 Å². The third kappa shape index (κ3) is 4.20. The number of aromatic nitrogens is 2. The highest BCUT2D eigenvalue weighted by Gasteiger charge is 2.42. The van der Waals surface area contributed by atoms with Crippen LogP contribution in [-0.2, 0) is 15.1 Å². The Labute approximate surface area is 165 Å². The van der Waals surface area contributed by atoms with Crippen LogP contribution in [0.15, 0.2) is 42.7 Å². The molecule has 2 aromatic rings. The third-order valence-electron chi connectivity index (χ3n) is 5.74. The Morgan fingerprint density at radius 3 is 2.68 bits per heavy atom. The van der Waals surface area contributed by atoms with Crippen LogP contribution in [0.3, 0.4) is 0 Å². The zero-order chi connectivity index (χ0) is 19.2. The third-order valence-corrected chi connectivity index (χ3v) is 5.74. The highest BCUT2D eigenvalue weighted by Crippen LogP contribution is 2.29. The zero-order valence-electron chi connectivity index (χ0n) is 16.1. The summed E-state index contributed by atoms with van der Waals surface area (Å²) >= 11 is 0. The standard InChI is InChI=1S/C21H28N4O3/c26-20(21(8-11-22-12-9-21)25-13-1-10-23-25)24-18-2-4-19(5-3-18)28-16-17-6-14-27-15-7-17/h1-5,10,13,17,22H,6-9,11-12,14-16H2,(H,24,26). The summed E-state index contributed by atoms with van der Waals surface area (Å²) in [5.74, 6) is 1.36. The molecule has 0 radical (unpaired) electrons. The predicted octanol–water partition coefficient (Wildman–Crippen LogP) is 2.41. The molecule has 7 heteroatoms. The molecule has 0 unspecified atom stereocenters. The lowest BCUT2D eigenvalue weighted by atomic mass is 9.87. The molecule has 4 rings (SSSR count). The van der Waals surface area contributed by atoms with E-state index in [0.29, 0.717) is 25.4 Å². The molecule has 2 aliphatic rings. The first-order valence-electron chi connectivity index (χ1n) is 10.1. The molecule has 1 aromatic carbocycles. The Morgan fingerprint density at radius 2 is 2.00 bits per heavy atom. The molecule has 7 nitrogen and oxygen atoms in total. The van der Waals surface area contributed by atoms with Gasteiger partial charge in [-0.2, -0.15) is 5.10 Å². The topological polar surface area (TPSA) is 77.4 Å². The van der Waals surface area contributed by atoms with Crippen LogP contribution in [0.5, 0.6) is 5.75 Å². The maximum atomic E-state index is 13.2. The molecular weight excluding hydrogens is 356 g/mol. The first-order chi connectivity index (χ1) is 13.8. The fourth-order valence-electron chi connectivity index (χ4n) is 3.93. The molecule has 2 saturated heterocycles. The highest BCUT2D eigenvalue weighted by molar-refractivity contribution is 5.96. The lowest BCUT2D eigenvalue weighted by Gasteiger charge is -2.36. The molecule has 0 spiro atoms. The van der Waals surface area contributed by atoms with E-state index in [1.165, 1.54) is 0 Å². The van der Waals surface area contributed by atoms with Crippen LogP contribution in [0.2, 0.25) is 0 Å². The summed E-state index contributed by atoms with van der Waals surface area (Å²) in [6.07, 6.45) is 7.14. The van der Waals surface area contributed by atoms with Crippen molar-refractivity contribution >= 4 is 11.6 Å². The Bertz CT molecular complexity index is 748. The molecule has 1 amide bonds. The van der Waals surface area contributed by atoms with Gasteiger partial charge in [0, 0.05) is 31.3 Å². The molecule has 2 aliphatic heterocycles. The molecule has 1 aromatic heterocycles. The fourth-order valence-corrected chi connectivity index (χ4v) is 3.93. The van der Waals surface area contributed by atoms with Crippen molar-refractivity contribution in [1.29, 1.82) is 0 Å². The SMILES string of the molecule is O=C(Nc1ccc(OCC2CCOCC2)cc1)C1(n2cccn2)CCNCC1. The predicted molar refractivity (Wildman–Crippen MR) is 106 cm³/mol. The van der Waals surface area contributed by atoms with Crippen LogP contribution in [0.25, 0.3) is 0 Å². The van der Waals surface area contributed by atoms with E-state index in [1.54, 1.807) is 10.9 Å². The van der Waals surface area contributed by atoms with Gasteiger partial charge in [-0.15, -0.1) is 0 Å². The minimum absolute atomic E-state index is 0.0198. The smallest absolute Gasteiger partial charge is 0.252 e. The quantitative estimate of drug-likeness (QED) is 0.800. The van der Waals surface area contributed by atoms with Gasteiger partial charge in [-0.25, -0.2) is 0 Å². The summed E-state index contributed by atoms with van der Waals surface area (Å²) in [5.41, 5.74) is 0.126. The second-order valence-corrected chi connectivity index (χ2v) is 7.58. The van der Waals surface area contributed by atoms with Gasteiger partial charge in [0.15, 0.2) is 0 Å². The second-order valence-electron chi connectivity index (χ2n) is 7.58. The van der Waals surface area contributed by atoms with Crippen molar-refractivity contribution in [3.8, 4) is 5.75 Å². The molecule has 2 N–H and O–H groups in total. The summed E-state index contributed by atoms with van der Waals surface area (Å²) in [4.78, 5) is 13.2. The molecule has 150 valence electrons. The van der Waals surface area contributed by atoms with E-state index in [1.807, 2.05) is 36.5 Å². The molecule has 0 atom stereocenters. The number of carbonyl (C=O) groups is 1. The van der Waals surface area contributed by atoms with E-state index in [9.17, 15) is 4.79 Å². The van der Waals surface area contributed by atoms with E-state index < -0.39 is 5.54 Å². The summed E-state index contributed by atoms with van der Waals surface area (Å²) in [6, 6.07) is 9.49. The van der Waals surface area contributed by atoms with E-state index in [0.717, 1.165) is 50.6 Å². The number of hydrogen-bond donors (Lipinski definition) is 2. The number of nitrogens with one attached hydrogen (secondary N) is 2. The van der Waals surface area contributed by atoms with Crippen molar-refractivity contribution in [3.05, 3.63) is 42.7 Å². The van der Waals surface area contributed by atoms with Crippen LogP contribution >= 0.6 is 0 Å². The number of benzene rings is 1. The highest BCUT2D eigenvalue weighted by atomic mass is 16.5. The summed E-state index contributed by atoms with van der Waals surface area (Å²) in [6.45, 7) is 3.96. The van der Waals surface area contributed by atoms with Gasteiger partial charge in [0.05, 0.1) is 6.61 Å². The average molecular weight is 384 g/mol. The van der Waals surface area contributed by atoms with Gasteiger partial charge in [-0.1, -0.05) is 0 Å². The Morgan fingerprint density at radius 1 is 1.25 bits per heavy atom. The number of amides is 1. The average Bonchev–Trinajstić information content (AvgIpc) is 3.30. The minimum atomic E-state index is -0.646. The van der Waals surface area contributed by atoms with E-state index in [2.05, 4.69) is 15.7 Å². The van der Waals surface area contributed by atoms with Crippen LogP contribution in [-0.4, -0.2) is 48.6 Å². The molecule has 3 heterocycles. The minimum Gasteiger partial charge on any atom is -0.493 e. The Balaban J connectivity index is 1.38. The number of ether oxygens (including phenoxy) is 2. The largest absolute Gasteiger partial charge is 0.493 e. The number of carbonyl (C=O) groups excluding carboxylic acids is 1. The van der Waals surface area contributed by atoms with Crippen molar-refractivity contribution < 1.29 is 14.3 Å². The molecule has 28 heavy (non-hydrogen) atoms. The van der Waals surface area contributed by atoms with Gasteiger partial charge in [-0.3, -0.25) is 9.48 Å². The number of nitrogens with zero attached hydrogens (tertiary/aromatic N) is 2. The Kier molecular flexibility index (Phi) is 5.92. The van der Waals surface area contributed by atoms with Gasteiger partial charge in [0.25, 0.3) is 5.91 Å². The van der Waals surface area contributed by atoms with Gasteiger partial charge in [0.1, 0.15) is 11.3 Å². The van der Waals surface area contributed by atoms with Gasteiger partial charge < -0.3 is 20.1 Å². The maximum Gasteiger partial charge on any atom is 0.252 e. The van der Waals surface area contributed by atoms with Crippen molar-refractivity contribution in [3.63, 3.8) is 0 Å². The van der Waals surface area contributed by atoms with Crippen LogP contribution in [0.4, 0.5) is 5.69 Å². The molecular formula is C21H28N4O3. The van der Waals surface area contributed by atoms with Gasteiger partial charge in [-0.05, 0) is 75.0 Å². The van der Waals surface area contributed by atoms with Crippen molar-refractivity contribution in [2.24, 2.45) is 5.92 Å². The molecule has 0 bridgehead atoms. The lowest BCUT2D eigenvalue weighted by Crippen LogP contribution is -2.52. The first kappa shape index (κ1) is 19.0. The Hall–Kier alpha value is -2.38. The lowest BCUT2D eigenvalue weighted by molar-refractivity contribution is -0.126. The molecule has 0 saturated carbocycles. The van der Waals surface area contributed by atoms with Crippen molar-refractivity contribution in [1.82, 2.24) is 15.1 Å². The zero-order valence-corrected chi connectivity index (χ0v) is 16.1. The second kappa shape index (κ2) is 8.75. The number of hydrogen-bond acceptors (Lipinski definition) is 5. The summed E-state index contributed by atoms with van der Waals surface area (Å²) in [5, 5.41) is 10.8. The van der Waals surface area contributed by atoms with E-state index in [-0.39, 0.29) is 5.91 Å². The van der Waals surface area contributed by atoms with Gasteiger partial charge >= 0.3 is 0 Å². The maximum absolute atomic E-state index is 13.2. The van der Waals surface area contributed by atoms with Gasteiger partial charge in [0.2, 0.25) is 0 Å². The van der Waals surface area contributed by atoms with Crippen LogP contribution < -0.4 is 15.4 Å². The molecule has 2 fully saturated rings. The van der Waals surface area contributed by atoms with Crippen LogP contribution in [0, 0.1) is 5.92 Å². The first-order valence-corrected chi connectivity index (χ1v) is 10.1. The fraction of sp³-hybridized carbons (Fsp3) is 0.524. The van der Waals surface area contributed by atoms with Crippen molar-refractivity contribution in [2.75, 3.05) is 38.2 Å². The normalized spacial score (nSPS) is 19.9. The number of piperidine rings is 1. The number of anilines is 1. The van der Waals surface area contributed by atoms with Crippen LogP contribution in [0.1, 0.15) is 25.7 Å². The summed E-state index contributed by atoms with van der Waals surface area (Å²) < 4.78 is 13.1. The molecule has 0 aliphatic carbocycles.